The first-order chi connectivity index (χ1) is 15.4. The Balaban J connectivity index is -0.000000193. The van der Waals surface area contributed by atoms with Crippen LogP contribution in [0.25, 0.3) is 0 Å². The van der Waals surface area contributed by atoms with Crippen LogP contribution in [0.1, 0.15) is 52.7 Å². The molecule has 0 fully saturated rings. The lowest BCUT2D eigenvalue weighted by Crippen LogP contribution is -2.14. The first-order valence-corrected chi connectivity index (χ1v) is 11.5. The van der Waals surface area contributed by atoms with E-state index in [1.807, 2.05) is 40.0 Å². The number of alkyl halides is 1. The third-order valence-corrected chi connectivity index (χ3v) is 4.14. The van der Waals surface area contributed by atoms with Gasteiger partial charge in [0.25, 0.3) is 0 Å². The van der Waals surface area contributed by atoms with Crippen molar-refractivity contribution in [1.82, 2.24) is 4.90 Å². The van der Waals surface area contributed by atoms with Gasteiger partial charge in [-0.25, -0.2) is 0 Å². The summed E-state index contributed by atoms with van der Waals surface area (Å²) >= 11 is 11.4. The van der Waals surface area contributed by atoms with E-state index in [0.717, 1.165) is 17.3 Å². The predicted molar refractivity (Wildman–Crippen MR) is 147 cm³/mol. The fraction of sp³-hybridized carbons (Fsp3) is 0.444. The number of allylic oxidation sites excluding steroid dienone is 3. The highest BCUT2D eigenvalue weighted by Crippen LogP contribution is 2.16. The Labute approximate surface area is 213 Å². The SMILES string of the molecule is C/C=C/CCl.C=CC(C)O.C=CC(C)O.CC#N.CC(C)=C(Cl)N(C)Cc1ccc(C)cc1. The molecule has 0 spiro atoms. The molecule has 0 saturated carbocycles. The van der Waals surface area contributed by atoms with Gasteiger partial charge in [-0.2, -0.15) is 5.26 Å². The summed E-state index contributed by atoms with van der Waals surface area (Å²) in [6.45, 7) is 20.3. The molecule has 0 saturated heterocycles. The molecule has 2 N–H and O–H groups in total. The molecule has 0 aromatic heterocycles. The van der Waals surface area contributed by atoms with Crippen molar-refractivity contribution in [2.75, 3.05) is 12.9 Å². The lowest BCUT2D eigenvalue weighted by atomic mass is 10.1. The van der Waals surface area contributed by atoms with Gasteiger partial charge < -0.3 is 15.1 Å². The molecule has 2 unspecified atom stereocenters. The summed E-state index contributed by atoms with van der Waals surface area (Å²) in [7, 11) is 2.01. The maximum atomic E-state index is 8.24. The van der Waals surface area contributed by atoms with Gasteiger partial charge in [0.2, 0.25) is 0 Å². The van der Waals surface area contributed by atoms with E-state index in [9.17, 15) is 0 Å². The molecule has 0 aliphatic rings. The minimum Gasteiger partial charge on any atom is -0.389 e. The van der Waals surface area contributed by atoms with E-state index in [-0.39, 0.29) is 12.2 Å². The molecule has 0 radical (unpaired) electrons. The average Bonchev–Trinajstić information content (AvgIpc) is 2.77. The molecule has 0 aliphatic carbocycles. The van der Waals surface area contributed by atoms with Crippen molar-refractivity contribution in [3.8, 4) is 6.07 Å². The maximum Gasteiger partial charge on any atom is 0.103 e. The molecular formula is C27H44Cl2N2O2. The quantitative estimate of drug-likeness (QED) is 0.244. The number of benzene rings is 1. The van der Waals surface area contributed by atoms with Crippen molar-refractivity contribution in [1.29, 1.82) is 5.26 Å². The normalized spacial score (nSPS) is 10.5. The second-order valence-corrected chi connectivity index (χ2v) is 7.70. The van der Waals surface area contributed by atoms with Gasteiger partial charge in [-0.1, -0.05) is 65.7 Å². The lowest BCUT2D eigenvalue weighted by Gasteiger charge is -2.19. The van der Waals surface area contributed by atoms with Crippen molar-refractivity contribution in [2.24, 2.45) is 0 Å². The molecule has 0 heterocycles. The highest BCUT2D eigenvalue weighted by atomic mass is 35.5. The fourth-order valence-corrected chi connectivity index (χ4v) is 1.75. The minimum atomic E-state index is -0.352. The third-order valence-electron chi connectivity index (χ3n) is 3.30. The summed E-state index contributed by atoms with van der Waals surface area (Å²) in [6.07, 6.45) is 6.05. The Morgan fingerprint density at radius 3 is 1.70 bits per heavy atom. The van der Waals surface area contributed by atoms with Crippen LogP contribution in [-0.2, 0) is 6.54 Å². The van der Waals surface area contributed by atoms with Gasteiger partial charge in [-0.05, 0) is 52.7 Å². The molecule has 2 atom stereocenters. The monoisotopic (exact) mass is 498 g/mol. The number of hydrogen-bond acceptors (Lipinski definition) is 4. The predicted octanol–water partition coefficient (Wildman–Crippen LogP) is 7.35. The number of aryl methyl sites for hydroxylation is 1. The van der Waals surface area contributed by atoms with Crippen LogP contribution in [0.15, 0.2) is 72.5 Å². The summed E-state index contributed by atoms with van der Waals surface area (Å²) in [4.78, 5) is 2.06. The Morgan fingerprint density at radius 2 is 1.48 bits per heavy atom. The zero-order valence-electron chi connectivity index (χ0n) is 21.6. The smallest absolute Gasteiger partial charge is 0.103 e. The van der Waals surface area contributed by atoms with Gasteiger partial charge in [0.05, 0.1) is 18.3 Å². The molecule has 1 rings (SSSR count). The minimum absolute atomic E-state index is 0.352. The van der Waals surface area contributed by atoms with E-state index < -0.39 is 0 Å². The molecule has 33 heavy (non-hydrogen) atoms. The number of aliphatic hydroxyl groups is 2. The van der Waals surface area contributed by atoms with Crippen molar-refractivity contribution >= 4 is 23.2 Å². The number of halogens is 2. The van der Waals surface area contributed by atoms with Crippen LogP contribution in [0.4, 0.5) is 0 Å². The Bertz CT molecular complexity index is 673. The van der Waals surface area contributed by atoms with E-state index in [0.29, 0.717) is 5.88 Å². The molecular weight excluding hydrogens is 455 g/mol. The highest BCUT2D eigenvalue weighted by molar-refractivity contribution is 6.29. The van der Waals surface area contributed by atoms with Gasteiger partial charge in [-0.3, -0.25) is 0 Å². The van der Waals surface area contributed by atoms with Crippen LogP contribution in [0.2, 0.25) is 0 Å². The van der Waals surface area contributed by atoms with Crippen molar-refractivity contribution in [3.63, 3.8) is 0 Å². The average molecular weight is 500 g/mol. The van der Waals surface area contributed by atoms with Gasteiger partial charge in [0.1, 0.15) is 5.16 Å². The second kappa shape index (κ2) is 28.0. The Kier molecular flexibility index (Phi) is 32.5. The summed E-state index contributed by atoms with van der Waals surface area (Å²) in [5.41, 5.74) is 3.71. The summed E-state index contributed by atoms with van der Waals surface area (Å²) in [6, 6.07) is 10.3. The van der Waals surface area contributed by atoms with Crippen molar-refractivity contribution in [3.05, 3.63) is 83.6 Å². The van der Waals surface area contributed by atoms with Crippen LogP contribution in [0.3, 0.4) is 0 Å². The van der Waals surface area contributed by atoms with Gasteiger partial charge >= 0.3 is 0 Å². The van der Waals surface area contributed by atoms with Crippen LogP contribution in [0.5, 0.6) is 0 Å². The van der Waals surface area contributed by atoms with Crippen molar-refractivity contribution in [2.45, 2.75) is 67.2 Å². The number of rotatable bonds is 6. The molecule has 0 amide bonds. The maximum absolute atomic E-state index is 8.24. The standard InChI is InChI=1S/C13H18ClN.C4H7Cl.2C4H8O.C2H3N/c1-10(2)13(14)15(4)9-12-7-5-11(3)6-8-12;1-2-3-4-5;2*1-3-4(2)5;1-2-3/h5-8H,9H2,1-4H3;2-3H,4H2,1H3;2*3-5H,1H2,2H3;1H3/b;3-2+;;;. The molecule has 0 bridgehead atoms. The Hall–Kier alpha value is -2.03. The first-order valence-electron chi connectivity index (χ1n) is 10.6. The Morgan fingerprint density at radius 1 is 1.12 bits per heavy atom. The summed E-state index contributed by atoms with van der Waals surface area (Å²) in [5.74, 6) is 0.635. The largest absolute Gasteiger partial charge is 0.389 e. The second-order valence-electron chi connectivity index (χ2n) is 7.03. The number of nitrogens with zero attached hydrogens (tertiary/aromatic N) is 2. The van der Waals surface area contributed by atoms with E-state index in [4.69, 9.17) is 38.7 Å². The molecule has 188 valence electrons. The number of nitriles is 1. The van der Waals surface area contributed by atoms with Crippen LogP contribution >= 0.6 is 23.2 Å². The molecule has 0 aliphatic heterocycles. The molecule has 6 heteroatoms. The van der Waals surface area contributed by atoms with Crippen LogP contribution in [0, 0.1) is 18.3 Å². The highest BCUT2D eigenvalue weighted by Gasteiger charge is 2.03. The van der Waals surface area contributed by atoms with Gasteiger partial charge in [0, 0.05) is 26.4 Å². The number of aliphatic hydroxyl groups excluding tert-OH is 2. The third kappa shape index (κ3) is 34.8. The van der Waals surface area contributed by atoms with Crippen LogP contribution in [-0.4, -0.2) is 40.2 Å². The number of hydrogen-bond donors (Lipinski definition) is 2. The van der Waals surface area contributed by atoms with E-state index >= 15 is 0 Å². The summed E-state index contributed by atoms with van der Waals surface area (Å²) < 4.78 is 0. The van der Waals surface area contributed by atoms with Gasteiger partial charge in [0.15, 0.2) is 0 Å². The van der Waals surface area contributed by atoms with E-state index in [1.54, 1.807) is 19.9 Å². The topological polar surface area (TPSA) is 67.5 Å². The zero-order chi connectivity index (χ0) is 26.8. The lowest BCUT2D eigenvalue weighted by molar-refractivity contribution is 0.244. The zero-order valence-corrected chi connectivity index (χ0v) is 23.2. The van der Waals surface area contributed by atoms with Crippen molar-refractivity contribution < 1.29 is 10.2 Å². The molecule has 4 nitrogen and oxygen atoms in total. The van der Waals surface area contributed by atoms with Crippen LogP contribution < -0.4 is 0 Å². The first kappa shape index (κ1) is 38.2. The molecule has 1 aromatic rings. The van der Waals surface area contributed by atoms with Gasteiger partial charge in [-0.15, -0.1) is 24.8 Å². The fourth-order valence-electron chi connectivity index (χ4n) is 1.51. The van der Waals surface area contributed by atoms with E-state index in [2.05, 4.69) is 49.2 Å². The summed E-state index contributed by atoms with van der Waals surface area (Å²) in [5, 5.41) is 24.6. The van der Waals surface area contributed by atoms with E-state index in [1.165, 1.54) is 30.2 Å². The molecule has 1 aromatic carbocycles.